The normalized spacial score (nSPS) is 22.0. The number of sulfonamides is 1. The summed E-state index contributed by atoms with van der Waals surface area (Å²) in [6, 6.07) is 7.75. The van der Waals surface area contributed by atoms with E-state index in [1.807, 2.05) is 31.2 Å². The highest BCUT2D eigenvalue weighted by Crippen LogP contribution is 2.47. The second-order valence-electron chi connectivity index (χ2n) is 9.15. The van der Waals surface area contributed by atoms with Crippen molar-refractivity contribution < 1.29 is 17.9 Å². The van der Waals surface area contributed by atoms with Gasteiger partial charge in [-0.3, -0.25) is 0 Å². The van der Waals surface area contributed by atoms with Crippen molar-refractivity contribution in [2.24, 2.45) is 5.92 Å². The van der Waals surface area contributed by atoms with Crippen LogP contribution in [-0.2, 0) is 15.6 Å². The van der Waals surface area contributed by atoms with Crippen LogP contribution in [0, 0.1) is 5.92 Å². The average Bonchev–Trinajstić information content (AvgIpc) is 3.69. The Labute approximate surface area is 194 Å². The predicted molar refractivity (Wildman–Crippen MR) is 131 cm³/mol. The number of hydrogen-bond acceptors (Lipinski definition) is 4. The SMILES string of the molecule is C=S=C1NC(=O)N(CCCCCS(=O)(=O)NC2(c3cccc(OCC4CC4)c3)CC2)[C@@H]1C. The Hall–Kier alpha value is -1.84. The molecule has 32 heavy (non-hydrogen) atoms. The van der Waals surface area contributed by atoms with Crippen LogP contribution < -0.4 is 14.8 Å². The van der Waals surface area contributed by atoms with Gasteiger partial charge in [-0.05, 0) is 74.9 Å². The second kappa shape index (κ2) is 9.57. The Balaban J connectivity index is 1.23. The minimum atomic E-state index is -3.39. The summed E-state index contributed by atoms with van der Waals surface area (Å²) in [6.07, 6.45) is 6.19. The van der Waals surface area contributed by atoms with Crippen LogP contribution in [0.2, 0.25) is 0 Å². The molecule has 3 fully saturated rings. The summed E-state index contributed by atoms with van der Waals surface area (Å²) >= 11 is 0. The summed E-state index contributed by atoms with van der Waals surface area (Å²) in [4.78, 5) is 14.6. The van der Waals surface area contributed by atoms with Crippen molar-refractivity contribution in [3.05, 3.63) is 29.8 Å². The lowest BCUT2D eigenvalue weighted by atomic mass is 10.1. The number of amides is 2. The van der Waals surface area contributed by atoms with E-state index in [1.54, 1.807) is 4.90 Å². The van der Waals surface area contributed by atoms with Crippen molar-refractivity contribution in [2.75, 3.05) is 18.9 Å². The molecule has 0 unspecified atom stereocenters. The molecule has 1 aliphatic heterocycles. The van der Waals surface area contributed by atoms with Crippen LogP contribution in [0.3, 0.4) is 0 Å². The number of ether oxygens (including phenoxy) is 1. The molecule has 1 aromatic rings. The third kappa shape index (κ3) is 5.74. The van der Waals surface area contributed by atoms with Gasteiger partial charge >= 0.3 is 6.03 Å². The van der Waals surface area contributed by atoms with E-state index in [1.165, 1.54) is 23.8 Å². The van der Waals surface area contributed by atoms with Gasteiger partial charge in [0.25, 0.3) is 0 Å². The van der Waals surface area contributed by atoms with Crippen LogP contribution in [0.15, 0.2) is 24.3 Å². The van der Waals surface area contributed by atoms with E-state index in [-0.39, 0.29) is 17.8 Å². The zero-order valence-electron chi connectivity index (χ0n) is 18.6. The number of hydrogen-bond donors (Lipinski definition) is 2. The summed E-state index contributed by atoms with van der Waals surface area (Å²) in [5.41, 5.74) is 0.498. The van der Waals surface area contributed by atoms with Gasteiger partial charge in [0.15, 0.2) is 0 Å². The van der Waals surface area contributed by atoms with E-state index < -0.39 is 15.6 Å². The van der Waals surface area contributed by atoms with Gasteiger partial charge in [0.1, 0.15) is 5.75 Å². The molecule has 2 saturated carbocycles. The van der Waals surface area contributed by atoms with Gasteiger partial charge in [-0.2, -0.15) is 0 Å². The highest BCUT2D eigenvalue weighted by atomic mass is 32.2. The Morgan fingerprint density at radius 1 is 1.28 bits per heavy atom. The molecule has 1 heterocycles. The lowest BCUT2D eigenvalue weighted by Crippen LogP contribution is -2.36. The van der Waals surface area contributed by atoms with E-state index in [4.69, 9.17) is 4.74 Å². The van der Waals surface area contributed by atoms with Gasteiger partial charge < -0.3 is 15.0 Å². The van der Waals surface area contributed by atoms with Crippen LogP contribution in [0.25, 0.3) is 0 Å². The molecule has 1 aromatic carbocycles. The van der Waals surface area contributed by atoms with Gasteiger partial charge in [0, 0.05) is 6.54 Å². The average molecular weight is 480 g/mol. The van der Waals surface area contributed by atoms with Crippen molar-refractivity contribution in [1.82, 2.24) is 14.9 Å². The molecule has 1 atom stereocenters. The third-order valence-corrected chi connectivity index (χ3v) is 8.76. The van der Waals surface area contributed by atoms with Gasteiger partial charge in [-0.25, -0.2) is 17.9 Å². The van der Waals surface area contributed by atoms with Gasteiger partial charge in [0.2, 0.25) is 10.0 Å². The Morgan fingerprint density at radius 2 is 2.06 bits per heavy atom. The minimum Gasteiger partial charge on any atom is -0.493 e. The molecular formula is C23H33N3O4S2. The molecule has 7 nitrogen and oxygen atoms in total. The number of unbranched alkanes of at least 4 members (excludes halogenated alkanes) is 2. The second-order valence-corrected chi connectivity index (χ2v) is 11.7. The van der Waals surface area contributed by atoms with Gasteiger partial charge in [-0.1, -0.05) is 18.6 Å². The summed E-state index contributed by atoms with van der Waals surface area (Å²) < 4.78 is 34.3. The lowest BCUT2D eigenvalue weighted by molar-refractivity contribution is 0.207. The maximum atomic E-state index is 12.7. The number of benzene rings is 1. The molecule has 2 aliphatic carbocycles. The van der Waals surface area contributed by atoms with Crippen molar-refractivity contribution in [3.8, 4) is 5.75 Å². The van der Waals surface area contributed by atoms with E-state index in [0.29, 0.717) is 18.9 Å². The molecule has 0 aromatic heterocycles. The van der Waals surface area contributed by atoms with Crippen LogP contribution in [0.1, 0.15) is 57.4 Å². The fraction of sp³-hybridized carbons (Fsp3) is 0.609. The Bertz CT molecular complexity index is 1010. The van der Waals surface area contributed by atoms with Gasteiger partial charge in [0.05, 0.1) is 28.9 Å². The fourth-order valence-electron chi connectivity index (χ4n) is 4.11. The fourth-order valence-corrected chi connectivity index (χ4v) is 6.24. The van der Waals surface area contributed by atoms with Crippen LogP contribution in [0.5, 0.6) is 5.75 Å². The molecule has 2 N–H and O–H groups in total. The summed E-state index contributed by atoms with van der Waals surface area (Å²) in [5, 5.41) is 2.83. The number of nitrogens with zero attached hydrogens (tertiary/aromatic N) is 1. The molecule has 0 bridgehead atoms. The quantitative estimate of drug-likeness (QED) is 0.356. The number of carbonyl (C=O) groups excluding carboxylic acids is 1. The molecule has 0 spiro atoms. The van der Waals surface area contributed by atoms with Gasteiger partial charge in [-0.15, -0.1) is 10.9 Å². The molecule has 1 saturated heterocycles. The molecule has 4 rings (SSSR count). The van der Waals surface area contributed by atoms with Crippen molar-refractivity contribution in [3.63, 3.8) is 0 Å². The Kier molecular flexibility index (Phi) is 6.97. The maximum absolute atomic E-state index is 12.7. The maximum Gasteiger partial charge on any atom is 0.322 e. The third-order valence-electron chi connectivity index (χ3n) is 6.48. The van der Waals surface area contributed by atoms with Crippen molar-refractivity contribution in [1.29, 1.82) is 0 Å². The number of carbonyl (C=O) groups is 1. The first-order valence-electron chi connectivity index (χ1n) is 11.4. The standard InChI is InChI=1S/C23H33N3O4S2/c1-17-21(31-2)24-22(27)26(17)13-4-3-5-14-32(28,29)25-23(11-12-23)19-7-6-8-20(15-19)30-16-18-9-10-18/h6-8,15,17-18,25H,2-5,9-14,16H2,1H3,(H,24,27)/t17-/m1/s1. The molecule has 176 valence electrons. The van der Waals surface area contributed by atoms with Crippen LogP contribution in [0.4, 0.5) is 4.79 Å². The molecule has 3 aliphatic rings. The predicted octanol–water partition coefficient (Wildman–Crippen LogP) is 3.26. The topological polar surface area (TPSA) is 87.7 Å². The first kappa shape index (κ1) is 23.3. The monoisotopic (exact) mass is 479 g/mol. The van der Waals surface area contributed by atoms with Crippen LogP contribution >= 0.6 is 10.9 Å². The number of urea groups is 1. The van der Waals surface area contributed by atoms with E-state index >= 15 is 0 Å². The Morgan fingerprint density at radius 3 is 2.72 bits per heavy atom. The number of rotatable bonds is 12. The van der Waals surface area contributed by atoms with E-state index in [2.05, 4.69) is 15.9 Å². The molecule has 2 amide bonds. The molecule has 9 heteroatoms. The number of nitrogens with one attached hydrogen (secondary N) is 2. The lowest BCUT2D eigenvalue weighted by Gasteiger charge is -2.20. The highest BCUT2D eigenvalue weighted by Gasteiger charge is 2.47. The van der Waals surface area contributed by atoms with E-state index in [0.717, 1.165) is 48.6 Å². The zero-order valence-corrected chi connectivity index (χ0v) is 20.3. The summed E-state index contributed by atoms with van der Waals surface area (Å²) in [5.74, 6) is 5.35. The summed E-state index contributed by atoms with van der Waals surface area (Å²) in [6.45, 7) is 3.33. The summed E-state index contributed by atoms with van der Waals surface area (Å²) in [7, 11) is -2.08. The van der Waals surface area contributed by atoms with Crippen molar-refractivity contribution >= 4 is 37.9 Å². The highest BCUT2D eigenvalue weighted by molar-refractivity contribution is 7.96. The first-order valence-corrected chi connectivity index (χ1v) is 14.1. The van der Waals surface area contributed by atoms with E-state index in [9.17, 15) is 13.2 Å². The van der Waals surface area contributed by atoms with Crippen molar-refractivity contribution in [2.45, 2.75) is 63.5 Å². The van der Waals surface area contributed by atoms with Crippen LogP contribution in [-0.4, -0.2) is 55.2 Å². The smallest absolute Gasteiger partial charge is 0.322 e. The zero-order chi connectivity index (χ0) is 22.8. The molecule has 0 radical (unpaired) electrons. The first-order chi connectivity index (χ1) is 15.3. The molecular weight excluding hydrogens is 446 g/mol. The largest absolute Gasteiger partial charge is 0.493 e. The minimum absolute atomic E-state index is 0.00847.